The van der Waals surface area contributed by atoms with Gasteiger partial charge in [0.2, 0.25) is 26.0 Å². The molecular weight excluding hydrogens is 402 g/mol. The number of rotatable bonds is 4. The molecule has 3 rings (SSSR count). The fraction of sp³-hybridized carbons (Fsp3) is 0.611. The molecule has 28 heavy (non-hydrogen) atoms. The molecule has 2 aliphatic heterocycles. The van der Waals surface area contributed by atoms with E-state index in [1.54, 1.807) is 29.2 Å². The Hall–Kier alpha value is -1.49. The van der Waals surface area contributed by atoms with Gasteiger partial charge >= 0.3 is 0 Å². The van der Waals surface area contributed by atoms with Gasteiger partial charge in [0.25, 0.3) is 0 Å². The zero-order valence-electron chi connectivity index (χ0n) is 16.2. The molecular formula is C18H27N3O5S2. The van der Waals surface area contributed by atoms with E-state index in [0.29, 0.717) is 32.5 Å². The van der Waals surface area contributed by atoms with E-state index in [0.717, 1.165) is 11.8 Å². The Morgan fingerprint density at radius 1 is 0.929 bits per heavy atom. The van der Waals surface area contributed by atoms with Gasteiger partial charge in [-0.15, -0.1) is 0 Å². The van der Waals surface area contributed by atoms with Crippen LogP contribution in [0.4, 0.5) is 0 Å². The van der Waals surface area contributed by atoms with Crippen molar-refractivity contribution in [2.75, 3.05) is 45.5 Å². The highest BCUT2D eigenvalue weighted by atomic mass is 32.2. The molecule has 10 heteroatoms. The predicted octanol–water partition coefficient (Wildman–Crippen LogP) is 0.500. The fourth-order valence-corrected chi connectivity index (χ4v) is 6.05. The molecule has 2 fully saturated rings. The summed E-state index contributed by atoms with van der Waals surface area (Å²) in [6.45, 7) is 3.68. The first-order valence-corrected chi connectivity index (χ1v) is 12.7. The summed E-state index contributed by atoms with van der Waals surface area (Å²) in [4.78, 5) is 14.7. The molecule has 0 saturated carbocycles. The Labute approximate surface area is 167 Å². The van der Waals surface area contributed by atoms with E-state index in [4.69, 9.17) is 0 Å². The van der Waals surface area contributed by atoms with Gasteiger partial charge in [0, 0.05) is 39.3 Å². The van der Waals surface area contributed by atoms with E-state index in [1.807, 2.05) is 6.92 Å². The zero-order chi connectivity index (χ0) is 20.5. The normalized spacial score (nSPS) is 22.9. The number of benzene rings is 1. The Balaban J connectivity index is 1.62. The van der Waals surface area contributed by atoms with Crippen LogP contribution in [0.3, 0.4) is 0 Å². The Morgan fingerprint density at radius 3 is 2.11 bits per heavy atom. The molecule has 1 atom stereocenters. The van der Waals surface area contributed by atoms with Crippen molar-refractivity contribution in [3.8, 4) is 0 Å². The van der Waals surface area contributed by atoms with Crippen LogP contribution in [0.25, 0.3) is 0 Å². The number of piperazine rings is 1. The highest BCUT2D eigenvalue weighted by Gasteiger charge is 2.35. The van der Waals surface area contributed by atoms with Gasteiger partial charge < -0.3 is 4.90 Å². The molecule has 156 valence electrons. The van der Waals surface area contributed by atoms with E-state index in [-0.39, 0.29) is 36.4 Å². The standard InChI is InChI=1S/C18H27N3O5S2/c1-15-5-7-17(8-6-15)28(25,26)20-12-10-19(11-13-20)18(22)16-4-3-9-21(14-16)27(2,23)24/h5-8,16H,3-4,9-14H2,1-2H3/t16-/m1/s1. The molecule has 2 heterocycles. The summed E-state index contributed by atoms with van der Waals surface area (Å²) in [7, 11) is -6.88. The van der Waals surface area contributed by atoms with E-state index in [9.17, 15) is 21.6 Å². The van der Waals surface area contributed by atoms with Crippen molar-refractivity contribution in [1.82, 2.24) is 13.5 Å². The summed E-state index contributed by atoms with van der Waals surface area (Å²) >= 11 is 0. The lowest BCUT2D eigenvalue weighted by molar-refractivity contribution is -0.137. The minimum absolute atomic E-state index is 0.0827. The van der Waals surface area contributed by atoms with Gasteiger partial charge in [-0.25, -0.2) is 21.1 Å². The molecule has 0 N–H and O–H groups in total. The summed E-state index contributed by atoms with van der Waals surface area (Å²) < 4.78 is 51.9. The quantitative estimate of drug-likeness (QED) is 0.695. The third-order valence-electron chi connectivity index (χ3n) is 5.41. The van der Waals surface area contributed by atoms with Crippen LogP contribution in [0.5, 0.6) is 0 Å². The monoisotopic (exact) mass is 429 g/mol. The third-order valence-corrected chi connectivity index (χ3v) is 8.59. The fourth-order valence-electron chi connectivity index (χ4n) is 3.71. The van der Waals surface area contributed by atoms with Crippen molar-refractivity contribution in [2.24, 2.45) is 5.92 Å². The van der Waals surface area contributed by atoms with Crippen molar-refractivity contribution < 1.29 is 21.6 Å². The van der Waals surface area contributed by atoms with Crippen LogP contribution in [0.2, 0.25) is 0 Å². The maximum atomic E-state index is 12.8. The summed E-state index contributed by atoms with van der Waals surface area (Å²) in [5, 5.41) is 0. The third kappa shape index (κ3) is 4.56. The topological polar surface area (TPSA) is 95.1 Å². The molecule has 1 amide bonds. The van der Waals surface area contributed by atoms with Crippen LogP contribution >= 0.6 is 0 Å². The van der Waals surface area contributed by atoms with Gasteiger partial charge in [0.15, 0.2) is 0 Å². The molecule has 1 aromatic rings. The maximum Gasteiger partial charge on any atom is 0.243 e. The summed E-state index contributed by atoms with van der Waals surface area (Å²) in [5.41, 5.74) is 0.991. The number of piperidine rings is 1. The largest absolute Gasteiger partial charge is 0.340 e. The number of carbonyl (C=O) groups excluding carboxylic acids is 1. The second-order valence-electron chi connectivity index (χ2n) is 7.50. The number of nitrogens with zero attached hydrogens (tertiary/aromatic N) is 3. The van der Waals surface area contributed by atoms with Crippen molar-refractivity contribution in [2.45, 2.75) is 24.7 Å². The van der Waals surface area contributed by atoms with Gasteiger partial charge in [-0.05, 0) is 31.9 Å². The van der Waals surface area contributed by atoms with Gasteiger partial charge in [0.05, 0.1) is 17.1 Å². The van der Waals surface area contributed by atoms with Crippen molar-refractivity contribution in [1.29, 1.82) is 0 Å². The van der Waals surface area contributed by atoms with Gasteiger partial charge in [-0.1, -0.05) is 17.7 Å². The highest BCUT2D eigenvalue weighted by Crippen LogP contribution is 2.23. The van der Waals surface area contributed by atoms with Gasteiger partial charge in [-0.2, -0.15) is 4.31 Å². The Bertz CT molecular complexity index is 920. The Kier molecular flexibility index (Phi) is 6.14. The molecule has 0 radical (unpaired) electrons. The van der Waals surface area contributed by atoms with Gasteiger partial charge in [0.1, 0.15) is 0 Å². The average Bonchev–Trinajstić information content (AvgIpc) is 2.67. The smallest absolute Gasteiger partial charge is 0.243 e. The van der Waals surface area contributed by atoms with E-state index in [1.165, 1.54) is 8.61 Å². The molecule has 2 aliphatic rings. The first kappa shape index (κ1) is 21.2. The van der Waals surface area contributed by atoms with Crippen LogP contribution in [0.15, 0.2) is 29.2 Å². The highest BCUT2D eigenvalue weighted by molar-refractivity contribution is 7.89. The minimum Gasteiger partial charge on any atom is -0.340 e. The first-order chi connectivity index (χ1) is 13.1. The lowest BCUT2D eigenvalue weighted by Gasteiger charge is -2.38. The average molecular weight is 430 g/mol. The van der Waals surface area contributed by atoms with Crippen LogP contribution in [0.1, 0.15) is 18.4 Å². The zero-order valence-corrected chi connectivity index (χ0v) is 17.9. The molecule has 2 saturated heterocycles. The molecule has 0 bridgehead atoms. The van der Waals surface area contributed by atoms with Gasteiger partial charge in [-0.3, -0.25) is 4.79 Å². The van der Waals surface area contributed by atoms with E-state index < -0.39 is 20.0 Å². The lowest BCUT2D eigenvalue weighted by Crippen LogP contribution is -2.53. The number of hydrogen-bond acceptors (Lipinski definition) is 5. The maximum absolute atomic E-state index is 12.8. The molecule has 0 unspecified atom stereocenters. The second-order valence-corrected chi connectivity index (χ2v) is 11.4. The second kappa shape index (κ2) is 8.10. The summed E-state index contributed by atoms with van der Waals surface area (Å²) in [6.07, 6.45) is 2.48. The van der Waals surface area contributed by atoms with Crippen molar-refractivity contribution in [3.05, 3.63) is 29.8 Å². The van der Waals surface area contributed by atoms with Crippen LogP contribution in [-0.4, -0.2) is 81.8 Å². The summed E-state index contributed by atoms with van der Waals surface area (Å²) in [6, 6.07) is 6.74. The lowest BCUT2D eigenvalue weighted by atomic mass is 9.98. The number of carbonyl (C=O) groups is 1. The number of amides is 1. The molecule has 8 nitrogen and oxygen atoms in total. The predicted molar refractivity (Wildman–Crippen MR) is 106 cm³/mol. The first-order valence-electron chi connectivity index (χ1n) is 9.40. The van der Waals surface area contributed by atoms with Crippen LogP contribution < -0.4 is 0 Å². The van der Waals surface area contributed by atoms with Crippen molar-refractivity contribution >= 4 is 26.0 Å². The van der Waals surface area contributed by atoms with Crippen LogP contribution in [0, 0.1) is 12.8 Å². The van der Waals surface area contributed by atoms with E-state index in [2.05, 4.69) is 0 Å². The number of sulfonamides is 2. The minimum atomic E-state index is -3.57. The molecule has 1 aromatic carbocycles. The SMILES string of the molecule is Cc1ccc(S(=O)(=O)N2CCN(C(=O)[C@@H]3CCCN(S(C)(=O)=O)C3)CC2)cc1. The molecule has 0 aromatic heterocycles. The van der Waals surface area contributed by atoms with Crippen LogP contribution in [-0.2, 0) is 24.8 Å². The van der Waals surface area contributed by atoms with Crippen molar-refractivity contribution in [3.63, 3.8) is 0 Å². The Morgan fingerprint density at radius 2 is 1.54 bits per heavy atom. The summed E-state index contributed by atoms with van der Waals surface area (Å²) in [5.74, 6) is -0.440. The molecule has 0 aliphatic carbocycles. The number of aryl methyl sites for hydroxylation is 1. The number of hydrogen-bond donors (Lipinski definition) is 0. The molecule has 0 spiro atoms. The van der Waals surface area contributed by atoms with E-state index >= 15 is 0 Å².